The van der Waals surface area contributed by atoms with Crippen molar-refractivity contribution in [2.24, 2.45) is 0 Å². The van der Waals surface area contributed by atoms with Crippen LogP contribution in [0, 0.1) is 0 Å². The van der Waals surface area contributed by atoms with Crippen molar-refractivity contribution in [1.29, 1.82) is 0 Å². The minimum absolute atomic E-state index is 0.116. The van der Waals surface area contributed by atoms with E-state index in [9.17, 15) is 0 Å². The zero-order chi connectivity index (χ0) is 13.9. The van der Waals surface area contributed by atoms with Gasteiger partial charge in [-0.2, -0.15) is 10.1 Å². The highest BCUT2D eigenvalue weighted by Gasteiger charge is 2.20. The SMILES string of the molecule is CCC(c1nc(-c2ccc(Br)cn2)no1)n1cncn1. The number of nitrogens with zero attached hydrogens (tertiary/aromatic N) is 6. The third-order valence-corrected chi connectivity index (χ3v) is 3.30. The lowest BCUT2D eigenvalue weighted by molar-refractivity contribution is 0.321. The number of halogens is 1. The van der Waals surface area contributed by atoms with Crippen molar-refractivity contribution in [2.45, 2.75) is 19.4 Å². The normalized spacial score (nSPS) is 12.5. The predicted molar refractivity (Wildman–Crippen MR) is 73.7 cm³/mol. The molecule has 0 N–H and O–H groups in total. The van der Waals surface area contributed by atoms with E-state index in [1.54, 1.807) is 17.2 Å². The third-order valence-electron chi connectivity index (χ3n) is 2.83. The summed E-state index contributed by atoms with van der Waals surface area (Å²) >= 11 is 3.34. The van der Waals surface area contributed by atoms with Crippen molar-refractivity contribution in [3.8, 4) is 11.5 Å². The van der Waals surface area contributed by atoms with Crippen molar-refractivity contribution in [1.82, 2.24) is 29.9 Å². The van der Waals surface area contributed by atoms with Gasteiger partial charge in [-0.15, -0.1) is 0 Å². The molecule has 0 saturated heterocycles. The molecule has 0 spiro atoms. The van der Waals surface area contributed by atoms with Gasteiger partial charge in [0.25, 0.3) is 5.89 Å². The summed E-state index contributed by atoms with van der Waals surface area (Å²) in [4.78, 5) is 12.6. The summed E-state index contributed by atoms with van der Waals surface area (Å²) in [6, 6.07) is 3.59. The lowest BCUT2D eigenvalue weighted by atomic mass is 10.2. The molecule has 3 aromatic rings. The first-order chi connectivity index (χ1) is 9.78. The highest BCUT2D eigenvalue weighted by molar-refractivity contribution is 9.10. The Bertz CT molecular complexity index is 678. The zero-order valence-corrected chi connectivity index (χ0v) is 12.2. The smallest absolute Gasteiger partial charge is 0.251 e. The molecule has 3 aromatic heterocycles. The summed E-state index contributed by atoms with van der Waals surface area (Å²) in [5.41, 5.74) is 0.664. The molecule has 0 aliphatic heterocycles. The molecule has 0 aliphatic rings. The number of hydrogen-bond donors (Lipinski definition) is 0. The van der Waals surface area contributed by atoms with E-state index in [4.69, 9.17) is 4.52 Å². The van der Waals surface area contributed by atoms with Gasteiger partial charge in [-0.3, -0.25) is 4.98 Å². The fourth-order valence-electron chi connectivity index (χ4n) is 1.84. The van der Waals surface area contributed by atoms with Crippen molar-refractivity contribution in [2.75, 3.05) is 0 Å². The van der Waals surface area contributed by atoms with Crippen molar-refractivity contribution < 1.29 is 4.52 Å². The molecular formula is C12H11BrN6O. The Labute approximate surface area is 123 Å². The van der Waals surface area contributed by atoms with Gasteiger partial charge < -0.3 is 4.52 Å². The van der Waals surface area contributed by atoms with E-state index < -0.39 is 0 Å². The Morgan fingerprint density at radius 2 is 2.30 bits per heavy atom. The molecule has 0 amide bonds. The number of pyridine rings is 1. The first-order valence-electron chi connectivity index (χ1n) is 6.07. The van der Waals surface area contributed by atoms with E-state index in [0.29, 0.717) is 17.4 Å². The largest absolute Gasteiger partial charge is 0.337 e. The average molecular weight is 335 g/mol. The molecule has 3 rings (SSSR count). The van der Waals surface area contributed by atoms with Crippen molar-refractivity contribution in [3.05, 3.63) is 41.3 Å². The fourth-order valence-corrected chi connectivity index (χ4v) is 2.07. The van der Waals surface area contributed by atoms with Crippen LogP contribution in [0.5, 0.6) is 0 Å². The molecule has 1 unspecified atom stereocenters. The van der Waals surface area contributed by atoms with Crippen LogP contribution in [0.15, 0.2) is 40.0 Å². The summed E-state index contributed by atoms with van der Waals surface area (Å²) in [6.45, 7) is 2.02. The summed E-state index contributed by atoms with van der Waals surface area (Å²) in [5, 5.41) is 8.08. The minimum Gasteiger partial charge on any atom is -0.337 e. The Kier molecular flexibility index (Phi) is 3.55. The fraction of sp³-hybridized carbons (Fsp3) is 0.250. The summed E-state index contributed by atoms with van der Waals surface area (Å²) < 4.78 is 7.93. The quantitative estimate of drug-likeness (QED) is 0.728. The van der Waals surface area contributed by atoms with Gasteiger partial charge in [0, 0.05) is 10.7 Å². The van der Waals surface area contributed by atoms with Crippen LogP contribution in [-0.4, -0.2) is 29.9 Å². The van der Waals surface area contributed by atoms with Crippen LogP contribution in [0.1, 0.15) is 25.3 Å². The highest BCUT2D eigenvalue weighted by atomic mass is 79.9. The maximum atomic E-state index is 5.32. The highest BCUT2D eigenvalue weighted by Crippen LogP contribution is 2.22. The van der Waals surface area contributed by atoms with E-state index in [-0.39, 0.29) is 6.04 Å². The van der Waals surface area contributed by atoms with Crippen LogP contribution in [0.3, 0.4) is 0 Å². The Morgan fingerprint density at radius 1 is 1.40 bits per heavy atom. The molecule has 0 bridgehead atoms. The van der Waals surface area contributed by atoms with Crippen LogP contribution in [0.25, 0.3) is 11.5 Å². The van der Waals surface area contributed by atoms with E-state index in [0.717, 1.165) is 10.9 Å². The maximum Gasteiger partial charge on any atom is 0.251 e. The monoisotopic (exact) mass is 334 g/mol. The second-order valence-electron chi connectivity index (χ2n) is 4.12. The van der Waals surface area contributed by atoms with Gasteiger partial charge in [0.2, 0.25) is 5.82 Å². The van der Waals surface area contributed by atoms with Crippen LogP contribution in [0.2, 0.25) is 0 Å². The molecule has 20 heavy (non-hydrogen) atoms. The molecule has 3 heterocycles. The minimum atomic E-state index is -0.116. The van der Waals surface area contributed by atoms with Crippen LogP contribution in [0.4, 0.5) is 0 Å². The molecule has 7 nitrogen and oxygen atoms in total. The summed E-state index contributed by atoms with van der Waals surface area (Å²) in [6.07, 6.45) is 5.59. The molecule has 1 atom stereocenters. The molecule has 0 saturated carbocycles. The van der Waals surface area contributed by atoms with Gasteiger partial charge in [0.05, 0.1) is 0 Å². The number of aromatic nitrogens is 6. The van der Waals surface area contributed by atoms with Crippen LogP contribution >= 0.6 is 15.9 Å². The molecule has 0 aromatic carbocycles. The second-order valence-corrected chi connectivity index (χ2v) is 5.03. The number of rotatable bonds is 4. The van der Waals surface area contributed by atoms with Gasteiger partial charge in [0.15, 0.2) is 0 Å². The molecule has 8 heteroatoms. The third kappa shape index (κ3) is 2.46. The predicted octanol–water partition coefficient (Wildman–Crippen LogP) is 2.49. The summed E-state index contributed by atoms with van der Waals surface area (Å²) in [5.74, 6) is 0.962. The van der Waals surface area contributed by atoms with E-state index in [1.807, 2.05) is 19.1 Å². The standard InChI is InChI=1S/C12H11BrN6O/c1-2-10(19-7-14-6-16-19)12-17-11(18-20-12)9-4-3-8(13)5-15-9/h3-7,10H,2H2,1H3. The first-order valence-corrected chi connectivity index (χ1v) is 6.87. The van der Waals surface area contributed by atoms with Gasteiger partial charge in [-0.1, -0.05) is 12.1 Å². The van der Waals surface area contributed by atoms with E-state index in [2.05, 4.69) is 41.1 Å². The lowest BCUT2D eigenvalue weighted by Gasteiger charge is -2.08. The first kappa shape index (κ1) is 12.9. The van der Waals surface area contributed by atoms with Crippen molar-refractivity contribution >= 4 is 15.9 Å². The van der Waals surface area contributed by atoms with Crippen molar-refractivity contribution in [3.63, 3.8) is 0 Å². The second kappa shape index (κ2) is 5.49. The maximum absolute atomic E-state index is 5.32. The average Bonchev–Trinajstić information content (AvgIpc) is 3.12. The van der Waals surface area contributed by atoms with E-state index >= 15 is 0 Å². The van der Waals surface area contributed by atoms with Gasteiger partial charge in [0.1, 0.15) is 24.4 Å². The Hall–Kier alpha value is -2.09. The van der Waals surface area contributed by atoms with Gasteiger partial charge in [-0.05, 0) is 34.5 Å². The van der Waals surface area contributed by atoms with Crippen LogP contribution in [-0.2, 0) is 0 Å². The molecule has 0 aliphatic carbocycles. The number of hydrogen-bond acceptors (Lipinski definition) is 6. The molecular weight excluding hydrogens is 324 g/mol. The Balaban J connectivity index is 1.91. The molecule has 0 fully saturated rings. The zero-order valence-electron chi connectivity index (χ0n) is 10.6. The lowest BCUT2D eigenvalue weighted by Crippen LogP contribution is -2.10. The molecule has 0 radical (unpaired) electrons. The van der Waals surface area contributed by atoms with E-state index in [1.165, 1.54) is 6.33 Å². The topological polar surface area (TPSA) is 82.5 Å². The van der Waals surface area contributed by atoms with Crippen LogP contribution < -0.4 is 0 Å². The molecule has 102 valence electrons. The van der Waals surface area contributed by atoms with Gasteiger partial charge >= 0.3 is 0 Å². The van der Waals surface area contributed by atoms with Gasteiger partial charge in [-0.25, -0.2) is 9.67 Å². The Morgan fingerprint density at radius 3 is 2.95 bits per heavy atom. The summed E-state index contributed by atoms with van der Waals surface area (Å²) in [7, 11) is 0.